The van der Waals surface area contributed by atoms with E-state index in [9.17, 15) is 9.59 Å². The number of nitrogens with zero attached hydrogens (tertiary/aromatic N) is 2. The highest BCUT2D eigenvalue weighted by atomic mass is 32.2. The van der Waals surface area contributed by atoms with E-state index in [0.717, 1.165) is 62.2 Å². The van der Waals surface area contributed by atoms with Crippen LogP contribution in [0.3, 0.4) is 0 Å². The van der Waals surface area contributed by atoms with Crippen LogP contribution < -0.4 is 0 Å². The molecule has 1 aromatic carbocycles. The third-order valence-electron chi connectivity index (χ3n) is 6.50. The van der Waals surface area contributed by atoms with E-state index in [0.29, 0.717) is 5.91 Å². The van der Waals surface area contributed by atoms with E-state index in [1.54, 1.807) is 0 Å². The van der Waals surface area contributed by atoms with Gasteiger partial charge in [0.2, 0.25) is 5.91 Å². The minimum Gasteiger partial charge on any atom is -0.342 e. The molecule has 0 atom stereocenters. The summed E-state index contributed by atoms with van der Waals surface area (Å²) in [7, 11) is 0. The first-order valence-electron chi connectivity index (χ1n) is 10.4. The van der Waals surface area contributed by atoms with Crippen LogP contribution in [0.1, 0.15) is 60.9 Å². The van der Waals surface area contributed by atoms with E-state index in [2.05, 4.69) is 9.80 Å². The summed E-state index contributed by atoms with van der Waals surface area (Å²) < 4.78 is 0. The lowest BCUT2D eigenvalue weighted by Gasteiger charge is -2.45. The molecule has 2 heterocycles. The van der Waals surface area contributed by atoms with Gasteiger partial charge in [-0.15, -0.1) is 11.8 Å². The standard InChI is InChI=1S/C22H30N2O2S/c1-17-6-5-9-19(16-17)21(26)24-14-15-27-22(24)10-12-23(13-11-22)20(25)18-7-3-2-4-8-18/h5-6,9,16,18H,2-4,7-8,10-15H2,1H3. The molecule has 5 heteroatoms. The Bertz CT molecular complexity index is 706. The van der Waals surface area contributed by atoms with Gasteiger partial charge in [0.1, 0.15) is 0 Å². The Hall–Kier alpha value is -1.49. The first-order valence-corrected chi connectivity index (χ1v) is 11.4. The predicted molar refractivity (Wildman–Crippen MR) is 110 cm³/mol. The van der Waals surface area contributed by atoms with E-state index < -0.39 is 0 Å². The molecule has 0 bridgehead atoms. The van der Waals surface area contributed by atoms with Crippen LogP contribution in [-0.4, -0.2) is 51.9 Å². The van der Waals surface area contributed by atoms with Crippen molar-refractivity contribution in [2.75, 3.05) is 25.4 Å². The SMILES string of the molecule is Cc1cccc(C(=O)N2CCSC23CCN(C(=O)C2CCCCC2)CC3)c1. The van der Waals surface area contributed by atoms with Crippen molar-refractivity contribution in [3.63, 3.8) is 0 Å². The fourth-order valence-electron chi connectivity index (χ4n) is 4.93. The van der Waals surface area contributed by atoms with Crippen LogP contribution in [0.5, 0.6) is 0 Å². The Balaban J connectivity index is 1.43. The Morgan fingerprint density at radius 3 is 2.52 bits per heavy atom. The van der Waals surface area contributed by atoms with Gasteiger partial charge in [0.25, 0.3) is 5.91 Å². The van der Waals surface area contributed by atoms with Gasteiger partial charge >= 0.3 is 0 Å². The topological polar surface area (TPSA) is 40.6 Å². The largest absolute Gasteiger partial charge is 0.342 e. The van der Waals surface area contributed by atoms with Gasteiger partial charge in [-0.25, -0.2) is 0 Å². The summed E-state index contributed by atoms with van der Waals surface area (Å²) in [5, 5.41) is 0. The Kier molecular flexibility index (Phi) is 5.49. The molecule has 2 saturated heterocycles. The summed E-state index contributed by atoms with van der Waals surface area (Å²) in [6.45, 7) is 4.43. The second-order valence-corrected chi connectivity index (χ2v) is 9.74. The number of piperidine rings is 1. The number of carbonyl (C=O) groups excluding carboxylic acids is 2. The van der Waals surface area contributed by atoms with Crippen molar-refractivity contribution >= 4 is 23.6 Å². The second kappa shape index (κ2) is 7.86. The average molecular weight is 387 g/mol. The summed E-state index contributed by atoms with van der Waals surface area (Å²) in [5.74, 6) is 1.75. The molecule has 146 valence electrons. The lowest BCUT2D eigenvalue weighted by molar-refractivity contribution is -0.138. The van der Waals surface area contributed by atoms with Crippen molar-refractivity contribution < 1.29 is 9.59 Å². The summed E-state index contributed by atoms with van der Waals surface area (Å²) in [5.41, 5.74) is 1.91. The van der Waals surface area contributed by atoms with E-state index in [1.165, 1.54) is 19.3 Å². The van der Waals surface area contributed by atoms with Crippen LogP contribution in [0.2, 0.25) is 0 Å². The van der Waals surface area contributed by atoms with Gasteiger partial charge < -0.3 is 9.80 Å². The van der Waals surface area contributed by atoms with Gasteiger partial charge in [0.05, 0.1) is 4.87 Å². The van der Waals surface area contributed by atoms with Crippen molar-refractivity contribution in [3.8, 4) is 0 Å². The average Bonchev–Trinajstić information content (AvgIpc) is 3.11. The lowest BCUT2D eigenvalue weighted by atomic mass is 9.87. The molecule has 27 heavy (non-hydrogen) atoms. The van der Waals surface area contributed by atoms with Crippen molar-refractivity contribution in [2.45, 2.75) is 56.7 Å². The molecule has 1 aliphatic carbocycles. The van der Waals surface area contributed by atoms with Crippen LogP contribution in [0.25, 0.3) is 0 Å². The molecular weight excluding hydrogens is 356 g/mol. The maximum atomic E-state index is 13.2. The van der Waals surface area contributed by atoms with Crippen LogP contribution in [-0.2, 0) is 4.79 Å². The third-order valence-corrected chi connectivity index (χ3v) is 8.05. The molecule has 0 radical (unpaired) electrons. The van der Waals surface area contributed by atoms with Gasteiger partial charge in [-0.2, -0.15) is 0 Å². The minimum atomic E-state index is -0.121. The number of likely N-dealkylation sites (tertiary alicyclic amines) is 1. The summed E-state index contributed by atoms with van der Waals surface area (Å²) in [6.07, 6.45) is 7.59. The first-order chi connectivity index (χ1) is 13.1. The number of rotatable bonds is 2. The Morgan fingerprint density at radius 2 is 1.81 bits per heavy atom. The summed E-state index contributed by atoms with van der Waals surface area (Å²) >= 11 is 1.92. The molecule has 1 aromatic rings. The van der Waals surface area contributed by atoms with E-state index in [4.69, 9.17) is 0 Å². The molecular formula is C22H30N2O2S. The zero-order valence-electron chi connectivity index (χ0n) is 16.3. The first kappa shape index (κ1) is 18.9. The number of hydrogen-bond donors (Lipinski definition) is 0. The van der Waals surface area contributed by atoms with Crippen molar-refractivity contribution in [2.24, 2.45) is 5.92 Å². The number of hydrogen-bond acceptors (Lipinski definition) is 3. The predicted octanol–water partition coefficient (Wildman–Crippen LogP) is 4.08. The molecule has 2 amide bonds. The van der Waals surface area contributed by atoms with Crippen LogP contribution >= 0.6 is 11.8 Å². The van der Waals surface area contributed by atoms with Crippen LogP contribution in [0, 0.1) is 12.8 Å². The van der Waals surface area contributed by atoms with Crippen LogP contribution in [0.4, 0.5) is 0 Å². The molecule has 1 spiro atoms. The molecule has 0 N–H and O–H groups in total. The lowest BCUT2D eigenvalue weighted by Crippen LogP contribution is -2.54. The summed E-state index contributed by atoms with van der Waals surface area (Å²) in [4.78, 5) is 30.1. The van der Waals surface area contributed by atoms with Crippen molar-refractivity contribution in [1.29, 1.82) is 0 Å². The Labute approximate surface area is 166 Å². The van der Waals surface area contributed by atoms with Gasteiger partial charge in [-0.05, 0) is 44.7 Å². The molecule has 2 aliphatic heterocycles. The van der Waals surface area contributed by atoms with E-state index >= 15 is 0 Å². The summed E-state index contributed by atoms with van der Waals surface area (Å²) in [6, 6.07) is 7.90. The zero-order chi connectivity index (χ0) is 18.9. The number of thioether (sulfide) groups is 1. The highest BCUT2D eigenvalue weighted by Crippen LogP contribution is 2.45. The maximum Gasteiger partial charge on any atom is 0.255 e. The second-order valence-electron chi connectivity index (χ2n) is 8.28. The van der Waals surface area contributed by atoms with Crippen LogP contribution in [0.15, 0.2) is 24.3 Å². The third kappa shape index (κ3) is 3.75. The van der Waals surface area contributed by atoms with E-state index in [1.807, 2.05) is 43.0 Å². The number of aryl methyl sites for hydroxylation is 1. The molecule has 3 fully saturated rings. The molecule has 1 saturated carbocycles. The van der Waals surface area contributed by atoms with Gasteiger partial charge in [-0.1, -0.05) is 37.0 Å². The number of carbonyl (C=O) groups is 2. The molecule has 0 aromatic heterocycles. The number of benzene rings is 1. The normalized spacial score (nSPS) is 23.0. The minimum absolute atomic E-state index is 0.121. The maximum absolute atomic E-state index is 13.2. The zero-order valence-corrected chi connectivity index (χ0v) is 17.1. The molecule has 4 nitrogen and oxygen atoms in total. The van der Waals surface area contributed by atoms with Gasteiger partial charge in [-0.3, -0.25) is 9.59 Å². The smallest absolute Gasteiger partial charge is 0.255 e. The molecule has 4 rings (SSSR count). The quantitative estimate of drug-likeness (QED) is 0.769. The van der Waals surface area contributed by atoms with Crippen molar-refractivity contribution in [3.05, 3.63) is 35.4 Å². The monoisotopic (exact) mass is 386 g/mol. The fourth-order valence-corrected chi connectivity index (χ4v) is 6.38. The molecule has 3 aliphatic rings. The highest BCUT2D eigenvalue weighted by Gasteiger charge is 2.47. The fraction of sp³-hybridized carbons (Fsp3) is 0.636. The molecule has 0 unspecified atom stereocenters. The van der Waals surface area contributed by atoms with Gasteiger partial charge in [0.15, 0.2) is 0 Å². The Morgan fingerprint density at radius 1 is 1.07 bits per heavy atom. The highest BCUT2D eigenvalue weighted by molar-refractivity contribution is 8.00. The van der Waals surface area contributed by atoms with Gasteiger partial charge in [0, 0.05) is 36.9 Å². The van der Waals surface area contributed by atoms with Crippen molar-refractivity contribution in [1.82, 2.24) is 9.80 Å². The van der Waals surface area contributed by atoms with E-state index in [-0.39, 0.29) is 16.7 Å². The number of amides is 2.